The zero-order valence-electron chi connectivity index (χ0n) is 19.7. The van der Waals surface area contributed by atoms with E-state index in [0.717, 1.165) is 36.8 Å². The summed E-state index contributed by atoms with van der Waals surface area (Å²) in [6, 6.07) is 15.0. The third kappa shape index (κ3) is 5.89. The summed E-state index contributed by atoms with van der Waals surface area (Å²) in [7, 11) is -1.19. The fourth-order valence-corrected chi connectivity index (χ4v) is 4.92. The SMILES string of the molecule is C[Si](C)(C)CCOCn1cnc2c(C(=O)O)ccc(C3CN(Cc4ccccc4)CCO3)c21. The number of carboxylic acid groups (broad SMARTS) is 1. The van der Waals surface area contributed by atoms with E-state index in [1.165, 1.54) is 5.56 Å². The van der Waals surface area contributed by atoms with Gasteiger partial charge in [-0.2, -0.15) is 0 Å². The van der Waals surface area contributed by atoms with Crippen molar-refractivity contribution >= 4 is 25.1 Å². The van der Waals surface area contributed by atoms with Crippen LogP contribution in [0.5, 0.6) is 0 Å². The molecule has 2 heterocycles. The highest BCUT2D eigenvalue weighted by Gasteiger charge is 2.27. The smallest absolute Gasteiger partial charge is 0.337 e. The molecule has 1 atom stereocenters. The van der Waals surface area contributed by atoms with Crippen LogP contribution in [0.2, 0.25) is 25.7 Å². The molecule has 4 rings (SSSR count). The maximum atomic E-state index is 11.8. The molecular formula is C25H33N3O4Si. The third-order valence-electron chi connectivity index (χ3n) is 6.00. The predicted molar refractivity (Wildman–Crippen MR) is 131 cm³/mol. The molecule has 33 heavy (non-hydrogen) atoms. The second kappa shape index (κ2) is 10.2. The first-order chi connectivity index (χ1) is 15.8. The maximum absolute atomic E-state index is 11.8. The summed E-state index contributed by atoms with van der Waals surface area (Å²) in [5.74, 6) is -0.980. The number of morpholine rings is 1. The Morgan fingerprint density at radius 2 is 2.00 bits per heavy atom. The molecule has 1 aromatic heterocycles. The molecule has 2 aromatic carbocycles. The Hall–Kier alpha value is -2.52. The quantitative estimate of drug-likeness (QED) is 0.366. The Morgan fingerprint density at radius 3 is 2.73 bits per heavy atom. The van der Waals surface area contributed by atoms with Crippen LogP contribution in [0.15, 0.2) is 48.8 Å². The van der Waals surface area contributed by atoms with Crippen molar-refractivity contribution in [3.05, 3.63) is 65.5 Å². The lowest BCUT2D eigenvalue weighted by Gasteiger charge is -2.33. The van der Waals surface area contributed by atoms with Crippen molar-refractivity contribution in [2.24, 2.45) is 0 Å². The fourth-order valence-electron chi connectivity index (χ4n) is 4.16. The largest absolute Gasteiger partial charge is 0.478 e. The lowest BCUT2D eigenvalue weighted by atomic mass is 10.0. The predicted octanol–water partition coefficient (Wildman–Crippen LogP) is 4.62. The number of ether oxygens (including phenoxy) is 2. The third-order valence-corrected chi connectivity index (χ3v) is 7.70. The van der Waals surface area contributed by atoms with Crippen molar-refractivity contribution in [1.29, 1.82) is 0 Å². The van der Waals surface area contributed by atoms with E-state index in [1.54, 1.807) is 12.4 Å². The summed E-state index contributed by atoms with van der Waals surface area (Å²) in [5, 5.41) is 9.69. The number of imidazole rings is 1. The van der Waals surface area contributed by atoms with Gasteiger partial charge in [0.2, 0.25) is 0 Å². The Bertz CT molecular complexity index is 1090. The van der Waals surface area contributed by atoms with Crippen LogP contribution in [0.4, 0.5) is 0 Å². The lowest BCUT2D eigenvalue weighted by molar-refractivity contribution is -0.0324. The highest BCUT2D eigenvalue weighted by atomic mass is 28.3. The minimum Gasteiger partial charge on any atom is -0.478 e. The van der Waals surface area contributed by atoms with Gasteiger partial charge in [0, 0.05) is 39.9 Å². The normalized spacial score (nSPS) is 17.5. The molecule has 176 valence electrons. The van der Waals surface area contributed by atoms with Gasteiger partial charge >= 0.3 is 5.97 Å². The van der Waals surface area contributed by atoms with E-state index < -0.39 is 14.0 Å². The Morgan fingerprint density at radius 1 is 1.21 bits per heavy atom. The molecule has 0 bridgehead atoms. The van der Waals surface area contributed by atoms with E-state index in [1.807, 2.05) is 16.7 Å². The molecule has 1 fully saturated rings. The van der Waals surface area contributed by atoms with Gasteiger partial charge in [-0.3, -0.25) is 4.90 Å². The fraction of sp³-hybridized carbons (Fsp3) is 0.440. The maximum Gasteiger partial charge on any atom is 0.337 e. The first-order valence-electron chi connectivity index (χ1n) is 11.5. The number of aromatic carboxylic acids is 1. The van der Waals surface area contributed by atoms with E-state index >= 15 is 0 Å². The number of benzene rings is 2. The Balaban J connectivity index is 1.58. The van der Waals surface area contributed by atoms with Crippen molar-refractivity contribution in [2.75, 3.05) is 26.3 Å². The van der Waals surface area contributed by atoms with Crippen molar-refractivity contribution in [3.63, 3.8) is 0 Å². The second-order valence-corrected chi connectivity index (χ2v) is 15.5. The van der Waals surface area contributed by atoms with Crippen LogP contribution >= 0.6 is 0 Å². The van der Waals surface area contributed by atoms with Gasteiger partial charge in [0.15, 0.2) is 0 Å². The average Bonchev–Trinajstić information content (AvgIpc) is 3.20. The van der Waals surface area contributed by atoms with Crippen LogP contribution in [0.25, 0.3) is 11.0 Å². The highest BCUT2D eigenvalue weighted by Crippen LogP contribution is 2.31. The molecule has 1 aliphatic heterocycles. The van der Waals surface area contributed by atoms with Crippen LogP contribution in [0, 0.1) is 0 Å². The minimum atomic E-state index is -1.19. The first kappa shape index (κ1) is 23.6. The van der Waals surface area contributed by atoms with E-state index in [-0.39, 0.29) is 11.7 Å². The molecule has 0 aliphatic carbocycles. The summed E-state index contributed by atoms with van der Waals surface area (Å²) >= 11 is 0. The van der Waals surface area contributed by atoms with Crippen LogP contribution < -0.4 is 0 Å². The molecule has 3 aromatic rings. The molecule has 1 aliphatic rings. The number of aromatic nitrogens is 2. The minimum absolute atomic E-state index is 0.162. The standard InChI is InChI=1S/C25H33N3O4Si/c1-33(2,3)14-13-31-18-28-17-26-23-21(25(29)30)10-9-20(24(23)28)22-16-27(11-12-32-22)15-19-7-5-4-6-8-19/h4-10,17,22H,11-16,18H2,1-3H3,(H,29,30). The zero-order chi connectivity index (χ0) is 23.4. The molecule has 1 N–H and O–H groups in total. The Labute approximate surface area is 196 Å². The van der Waals surface area contributed by atoms with Gasteiger partial charge in [-0.15, -0.1) is 0 Å². The molecule has 0 radical (unpaired) electrons. The van der Waals surface area contributed by atoms with Gasteiger partial charge in [0.05, 0.1) is 30.1 Å². The topological polar surface area (TPSA) is 76.8 Å². The monoisotopic (exact) mass is 467 g/mol. The van der Waals surface area contributed by atoms with Crippen LogP contribution in [-0.2, 0) is 22.7 Å². The molecule has 0 spiro atoms. The Kier molecular flexibility index (Phi) is 7.28. The van der Waals surface area contributed by atoms with E-state index in [9.17, 15) is 9.90 Å². The van der Waals surface area contributed by atoms with E-state index in [0.29, 0.717) is 25.5 Å². The van der Waals surface area contributed by atoms with Gasteiger partial charge < -0.3 is 19.1 Å². The number of carbonyl (C=O) groups is 1. The molecule has 1 saturated heterocycles. The van der Waals surface area contributed by atoms with Gasteiger partial charge in [0.25, 0.3) is 0 Å². The van der Waals surface area contributed by atoms with Crippen LogP contribution in [0.3, 0.4) is 0 Å². The van der Waals surface area contributed by atoms with Gasteiger partial charge in [-0.05, 0) is 17.7 Å². The van der Waals surface area contributed by atoms with Gasteiger partial charge in [0.1, 0.15) is 12.2 Å². The molecule has 8 heteroatoms. The number of hydrogen-bond acceptors (Lipinski definition) is 5. The number of rotatable bonds is 9. The van der Waals surface area contributed by atoms with Crippen molar-refractivity contribution in [1.82, 2.24) is 14.5 Å². The summed E-state index contributed by atoms with van der Waals surface area (Å²) in [4.78, 5) is 18.7. The van der Waals surface area contributed by atoms with E-state index in [2.05, 4.69) is 53.8 Å². The number of nitrogens with zero attached hydrogens (tertiary/aromatic N) is 3. The molecule has 0 amide bonds. The first-order valence-corrected chi connectivity index (χ1v) is 15.2. The number of carboxylic acids is 1. The zero-order valence-corrected chi connectivity index (χ0v) is 20.7. The molecule has 0 saturated carbocycles. The van der Waals surface area contributed by atoms with Gasteiger partial charge in [-0.1, -0.05) is 56.0 Å². The summed E-state index contributed by atoms with van der Waals surface area (Å²) in [6.45, 7) is 11.1. The van der Waals surface area contributed by atoms with Gasteiger partial charge in [-0.25, -0.2) is 9.78 Å². The molecular weight excluding hydrogens is 434 g/mol. The van der Waals surface area contributed by atoms with Crippen molar-refractivity contribution in [2.45, 2.75) is 45.1 Å². The van der Waals surface area contributed by atoms with Crippen LogP contribution in [0.1, 0.15) is 27.6 Å². The average molecular weight is 468 g/mol. The highest BCUT2D eigenvalue weighted by molar-refractivity contribution is 6.76. The summed E-state index contributed by atoms with van der Waals surface area (Å²) in [6.07, 6.45) is 1.52. The number of hydrogen-bond donors (Lipinski definition) is 1. The number of fused-ring (bicyclic) bond motifs is 1. The van der Waals surface area contributed by atoms with Crippen molar-refractivity contribution in [3.8, 4) is 0 Å². The van der Waals surface area contributed by atoms with E-state index in [4.69, 9.17) is 9.47 Å². The molecule has 7 nitrogen and oxygen atoms in total. The second-order valence-electron chi connectivity index (χ2n) is 9.85. The summed E-state index contributed by atoms with van der Waals surface area (Å²) in [5.41, 5.74) is 3.70. The van der Waals surface area contributed by atoms with Crippen LogP contribution in [-0.4, -0.2) is 59.9 Å². The van der Waals surface area contributed by atoms with Crippen molar-refractivity contribution < 1.29 is 19.4 Å². The lowest BCUT2D eigenvalue weighted by Crippen LogP contribution is -2.38. The summed E-state index contributed by atoms with van der Waals surface area (Å²) < 4.78 is 14.1. The molecule has 1 unspecified atom stereocenters.